The molecule has 1 aromatic heterocycles. The van der Waals surface area contributed by atoms with Gasteiger partial charge in [-0.3, -0.25) is 0 Å². The second kappa shape index (κ2) is 7.51. The first-order valence-electron chi connectivity index (χ1n) is 7.98. The third-order valence-electron chi connectivity index (χ3n) is 4.00. The van der Waals surface area contributed by atoms with Gasteiger partial charge >= 0.3 is 6.18 Å². The van der Waals surface area contributed by atoms with Crippen LogP contribution in [0.15, 0.2) is 53.7 Å². The summed E-state index contributed by atoms with van der Waals surface area (Å²) in [5.74, 6) is 7.31. The molecule has 1 heterocycles. The van der Waals surface area contributed by atoms with Crippen LogP contribution in [0, 0.1) is 0 Å². The van der Waals surface area contributed by atoms with E-state index in [0.717, 1.165) is 23.3 Å². The highest BCUT2D eigenvalue weighted by atomic mass is 32.2. The van der Waals surface area contributed by atoms with Crippen LogP contribution in [0.4, 0.5) is 13.2 Å². The molecule has 2 N–H and O–H groups in total. The molecular weight excluding hydrogens is 377 g/mol. The molecule has 3 aromatic rings. The Hall–Kier alpha value is -2.68. The highest BCUT2D eigenvalue weighted by Crippen LogP contribution is 2.36. The molecule has 0 aliphatic rings. The summed E-state index contributed by atoms with van der Waals surface area (Å²) in [7, 11) is 1.58. The van der Waals surface area contributed by atoms with Crippen molar-refractivity contribution in [3.63, 3.8) is 0 Å². The van der Waals surface area contributed by atoms with E-state index in [-0.39, 0.29) is 5.25 Å². The molecule has 0 radical (unpaired) electrons. The Balaban J connectivity index is 1.76. The number of aromatic nitrogens is 3. The second-order valence-corrected chi connectivity index (χ2v) is 7.09. The summed E-state index contributed by atoms with van der Waals surface area (Å²) in [5, 5.41) is 8.52. The van der Waals surface area contributed by atoms with Gasteiger partial charge < -0.3 is 10.6 Å². The molecule has 9 heteroatoms. The first kappa shape index (κ1) is 19.1. The highest BCUT2D eigenvalue weighted by Gasteiger charge is 2.30. The molecule has 0 saturated heterocycles. The van der Waals surface area contributed by atoms with Crippen molar-refractivity contribution in [1.29, 1.82) is 0 Å². The smallest absolute Gasteiger partial charge is 0.416 e. The number of nitrogens with two attached hydrogens (primary N) is 1. The van der Waals surface area contributed by atoms with E-state index in [9.17, 15) is 13.2 Å². The van der Waals surface area contributed by atoms with Crippen molar-refractivity contribution in [1.82, 2.24) is 14.9 Å². The molecule has 1 unspecified atom stereocenters. The zero-order valence-corrected chi connectivity index (χ0v) is 15.4. The quantitative estimate of drug-likeness (QED) is 0.508. The Morgan fingerprint density at radius 1 is 1.04 bits per heavy atom. The summed E-state index contributed by atoms with van der Waals surface area (Å²) in [6.45, 7) is 1.87. The fourth-order valence-electron chi connectivity index (χ4n) is 2.46. The van der Waals surface area contributed by atoms with Gasteiger partial charge in [-0.05, 0) is 48.9 Å². The number of rotatable bonds is 5. The number of halogens is 3. The molecule has 27 heavy (non-hydrogen) atoms. The van der Waals surface area contributed by atoms with Gasteiger partial charge in [0.2, 0.25) is 5.16 Å². The molecule has 0 amide bonds. The Bertz CT molecular complexity index is 908. The predicted octanol–water partition coefficient (Wildman–Crippen LogP) is 4.54. The molecular formula is C18H17F3N4OS. The number of nitrogens with zero attached hydrogens (tertiary/aromatic N) is 3. The van der Waals surface area contributed by atoms with Crippen LogP contribution in [-0.4, -0.2) is 22.0 Å². The van der Waals surface area contributed by atoms with Gasteiger partial charge in [-0.15, -0.1) is 10.2 Å². The van der Waals surface area contributed by atoms with Crippen LogP contribution in [0.5, 0.6) is 5.75 Å². The van der Waals surface area contributed by atoms with E-state index in [1.165, 1.54) is 28.6 Å². The van der Waals surface area contributed by atoms with E-state index in [0.29, 0.717) is 16.7 Å². The van der Waals surface area contributed by atoms with Crippen LogP contribution in [0.25, 0.3) is 11.4 Å². The third-order valence-corrected chi connectivity index (χ3v) is 5.12. The van der Waals surface area contributed by atoms with Crippen LogP contribution in [-0.2, 0) is 6.18 Å². The standard InChI is InChI=1S/C18H17F3N4OS/c1-11(12-3-7-14(8-4-12)18(19,20)21)27-17-24-23-16(25(17)22)13-5-9-15(26-2)10-6-13/h3-11H,22H2,1-2H3. The summed E-state index contributed by atoms with van der Waals surface area (Å²) in [5.41, 5.74) is 0.842. The number of thioether (sulfide) groups is 1. The Labute approximate surface area is 158 Å². The van der Waals surface area contributed by atoms with E-state index in [1.807, 2.05) is 19.1 Å². The van der Waals surface area contributed by atoms with E-state index in [1.54, 1.807) is 19.2 Å². The van der Waals surface area contributed by atoms with Crippen molar-refractivity contribution >= 4 is 11.8 Å². The SMILES string of the molecule is COc1ccc(-c2nnc(SC(C)c3ccc(C(F)(F)F)cc3)n2N)cc1. The van der Waals surface area contributed by atoms with Gasteiger partial charge in [-0.25, -0.2) is 4.68 Å². The molecule has 3 rings (SSSR count). The van der Waals surface area contributed by atoms with Crippen molar-refractivity contribution < 1.29 is 17.9 Å². The van der Waals surface area contributed by atoms with Gasteiger partial charge in [0.25, 0.3) is 0 Å². The first-order chi connectivity index (χ1) is 12.8. The van der Waals surface area contributed by atoms with Crippen molar-refractivity contribution in [2.45, 2.75) is 23.5 Å². The number of methoxy groups -OCH3 is 1. The minimum Gasteiger partial charge on any atom is -0.497 e. The number of benzene rings is 2. The summed E-state index contributed by atoms with van der Waals surface area (Å²) in [6.07, 6.45) is -4.35. The summed E-state index contributed by atoms with van der Waals surface area (Å²) in [6, 6.07) is 12.3. The van der Waals surface area contributed by atoms with Crippen LogP contribution in [0.3, 0.4) is 0 Å². The highest BCUT2D eigenvalue weighted by molar-refractivity contribution is 7.99. The maximum atomic E-state index is 12.7. The largest absolute Gasteiger partial charge is 0.497 e. The van der Waals surface area contributed by atoms with Crippen molar-refractivity contribution in [2.75, 3.05) is 13.0 Å². The average Bonchev–Trinajstić information content (AvgIpc) is 3.01. The van der Waals surface area contributed by atoms with Crippen LogP contribution < -0.4 is 10.6 Å². The predicted molar refractivity (Wildman–Crippen MR) is 97.9 cm³/mol. The zero-order chi connectivity index (χ0) is 19.6. The fraction of sp³-hybridized carbons (Fsp3) is 0.222. The van der Waals surface area contributed by atoms with Gasteiger partial charge in [0.15, 0.2) is 5.82 Å². The van der Waals surface area contributed by atoms with Crippen LogP contribution >= 0.6 is 11.8 Å². The number of ether oxygens (including phenoxy) is 1. The number of alkyl halides is 3. The lowest BCUT2D eigenvalue weighted by atomic mass is 10.1. The monoisotopic (exact) mass is 394 g/mol. The molecule has 2 aromatic carbocycles. The Kier molecular flexibility index (Phi) is 5.31. The van der Waals surface area contributed by atoms with Gasteiger partial charge in [0.05, 0.1) is 12.7 Å². The number of hydrogen-bond acceptors (Lipinski definition) is 5. The van der Waals surface area contributed by atoms with E-state index < -0.39 is 11.7 Å². The maximum absolute atomic E-state index is 12.7. The van der Waals surface area contributed by atoms with E-state index >= 15 is 0 Å². The van der Waals surface area contributed by atoms with Crippen molar-refractivity contribution in [3.05, 3.63) is 59.7 Å². The summed E-state index contributed by atoms with van der Waals surface area (Å²) >= 11 is 1.32. The topological polar surface area (TPSA) is 66.0 Å². The maximum Gasteiger partial charge on any atom is 0.416 e. The van der Waals surface area contributed by atoms with Gasteiger partial charge in [0, 0.05) is 10.8 Å². The Morgan fingerprint density at radius 3 is 2.22 bits per heavy atom. The van der Waals surface area contributed by atoms with Crippen LogP contribution in [0.2, 0.25) is 0 Å². The third kappa shape index (κ3) is 4.19. The molecule has 0 bridgehead atoms. The molecule has 1 atom stereocenters. The van der Waals surface area contributed by atoms with E-state index in [2.05, 4.69) is 10.2 Å². The molecule has 0 fully saturated rings. The first-order valence-corrected chi connectivity index (χ1v) is 8.86. The fourth-order valence-corrected chi connectivity index (χ4v) is 3.36. The van der Waals surface area contributed by atoms with Gasteiger partial charge in [0.1, 0.15) is 5.75 Å². The minimum absolute atomic E-state index is 0.150. The Morgan fingerprint density at radius 2 is 1.67 bits per heavy atom. The van der Waals surface area contributed by atoms with Crippen LogP contribution in [0.1, 0.15) is 23.3 Å². The number of nitrogen functional groups attached to an aromatic ring is 1. The zero-order valence-electron chi connectivity index (χ0n) is 14.6. The van der Waals surface area contributed by atoms with Crippen molar-refractivity contribution in [3.8, 4) is 17.1 Å². The molecule has 142 valence electrons. The molecule has 0 saturated carbocycles. The lowest BCUT2D eigenvalue weighted by Crippen LogP contribution is -2.12. The summed E-state index contributed by atoms with van der Waals surface area (Å²) in [4.78, 5) is 0. The lowest BCUT2D eigenvalue weighted by Gasteiger charge is -2.13. The molecule has 0 aliphatic heterocycles. The van der Waals surface area contributed by atoms with Gasteiger partial charge in [-0.2, -0.15) is 13.2 Å². The molecule has 0 aliphatic carbocycles. The van der Waals surface area contributed by atoms with E-state index in [4.69, 9.17) is 10.6 Å². The van der Waals surface area contributed by atoms with Gasteiger partial charge in [-0.1, -0.05) is 23.9 Å². The number of hydrogen-bond donors (Lipinski definition) is 1. The average molecular weight is 394 g/mol. The normalized spacial score (nSPS) is 12.8. The second-order valence-electron chi connectivity index (χ2n) is 5.78. The molecule has 0 spiro atoms. The minimum atomic E-state index is -4.35. The van der Waals surface area contributed by atoms with Crippen molar-refractivity contribution in [2.24, 2.45) is 0 Å². The molecule has 5 nitrogen and oxygen atoms in total. The lowest BCUT2D eigenvalue weighted by molar-refractivity contribution is -0.137. The summed E-state index contributed by atoms with van der Waals surface area (Å²) < 4.78 is 44.5.